The fourth-order valence-electron chi connectivity index (χ4n) is 2.12. The molecule has 20 heavy (non-hydrogen) atoms. The summed E-state index contributed by atoms with van der Waals surface area (Å²) < 4.78 is 2.07. The normalized spacial score (nSPS) is 11.2. The summed E-state index contributed by atoms with van der Waals surface area (Å²) in [5.74, 6) is 0.818. The molecule has 0 aliphatic carbocycles. The molecule has 1 aromatic carbocycles. The molecular weight excluding hydrogens is 290 g/mol. The van der Waals surface area contributed by atoms with Crippen molar-refractivity contribution in [2.24, 2.45) is 0 Å². The van der Waals surface area contributed by atoms with Crippen molar-refractivity contribution in [3.05, 3.63) is 41.2 Å². The van der Waals surface area contributed by atoms with Crippen LogP contribution in [-0.2, 0) is 5.75 Å². The zero-order chi connectivity index (χ0) is 14.5. The molecule has 0 saturated carbocycles. The number of hydrogen-bond acceptors (Lipinski definition) is 3. The van der Waals surface area contributed by atoms with Gasteiger partial charge in [-0.3, -0.25) is 4.68 Å². The van der Waals surface area contributed by atoms with Gasteiger partial charge in [-0.15, -0.1) is 11.8 Å². The van der Waals surface area contributed by atoms with E-state index in [9.17, 15) is 0 Å². The van der Waals surface area contributed by atoms with Gasteiger partial charge in [-0.1, -0.05) is 25.4 Å². The standard InChI is InChI=1S/C15H20ClN3S/c1-3-13(4-2)19-8-7-12(18-19)10-20-15-6-5-11(16)9-14(15)17/h5-9,13H,3-4,10,17H2,1-2H3. The molecule has 0 atom stereocenters. The molecule has 0 spiro atoms. The molecule has 5 heteroatoms. The van der Waals surface area contributed by atoms with Crippen LogP contribution in [0.5, 0.6) is 0 Å². The largest absolute Gasteiger partial charge is 0.398 e. The summed E-state index contributed by atoms with van der Waals surface area (Å²) in [5, 5.41) is 5.31. The first kappa shape index (κ1) is 15.3. The summed E-state index contributed by atoms with van der Waals surface area (Å²) in [4.78, 5) is 1.05. The third-order valence-corrected chi connectivity index (χ3v) is 4.69. The van der Waals surface area contributed by atoms with Crippen LogP contribution < -0.4 is 5.73 Å². The van der Waals surface area contributed by atoms with Crippen LogP contribution in [0.1, 0.15) is 38.4 Å². The highest BCUT2D eigenvalue weighted by Crippen LogP contribution is 2.30. The van der Waals surface area contributed by atoms with Gasteiger partial charge >= 0.3 is 0 Å². The van der Waals surface area contributed by atoms with Crippen molar-refractivity contribution < 1.29 is 0 Å². The highest BCUT2D eigenvalue weighted by molar-refractivity contribution is 7.98. The summed E-state index contributed by atoms with van der Waals surface area (Å²) in [6.07, 6.45) is 4.28. The molecule has 0 aliphatic rings. The molecule has 1 aromatic heterocycles. The summed E-state index contributed by atoms with van der Waals surface area (Å²) in [5.41, 5.74) is 7.76. The van der Waals surface area contributed by atoms with Gasteiger partial charge in [0.05, 0.1) is 11.7 Å². The topological polar surface area (TPSA) is 43.8 Å². The average Bonchev–Trinajstić information content (AvgIpc) is 2.88. The van der Waals surface area contributed by atoms with E-state index in [2.05, 4.69) is 35.9 Å². The number of aromatic nitrogens is 2. The van der Waals surface area contributed by atoms with Crippen LogP contribution in [-0.4, -0.2) is 9.78 Å². The first-order chi connectivity index (χ1) is 9.63. The number of nitrogens with two attached hydrogens (primary N) is 1. The quantitative estimate of drug-likeness (QED) is 0.617. The predicted octanol–water partition coefficient (Wildman–Crippen LogP) is 4.77. The van der Waals surface area contributed by atoms with Gasteiger partial charge in [0, 0.05) is 27.6 Å². The summed E-state index contributed by atoms with van der Waals surface area (Å²) in [6, 6.07) is 8.18. The fourth-order valence-corrected chi connectivity index (χ4v) is 3.15. The monoisotopic (exact) mass is 309 g/mol. The van der Waals surface area contributed by atoms with E-state index in [0.29, 0.717) is 11.1 Å². The van der Waals surface area contributed by atoms with Crippen molar-refractivity contribution in [1.29, 1.82) is 0 Å². The van der Waals surface area contributed by atoms with Gasteiger partial charge in [0.2, 0.25) is 0 Å². The second-order valence-corrected chi connectivity index (χ2v) is 6.18. The zero-order valence-electron chi connectivity index (χ0n) is 11.8. The minimum atomic E-state index is 0.495. The lowest BCUT2D eigenvalue weighted by Gasteiger charge is -2.12. The van der Waals surface area contributed by atoms with Crippen molar-refractivity contribution in [3.8, 4) is 0 Å². The molecule has 0 fully saturated rings. The highest BCUT2D eigenvalue weighted by atomic mass is 35.5. The van der Waals surface area contributed by atoms with Crippen LogP contribution in [0.25, 0.3) is 0 Å². The highest BCUT2D eigenvalue weighted by Gasteiger charge is 2.08. The maximum absolute atomic E-state index is 5.95. The maximum Gasteiger partial charge on any atom is 0.0727 e. The maximum atomic E-state index is 5.95. The Hall–Kier alpha value is -1.13. The molecule has 0 unspecified atom stereocenters. The molecule has 2 rings (SSSR count). The Labute approximate surface area is 129 Å². The summed E-state index contributed by atoms with van der Waals surface area (Å²) in [7, 11) is 0. The molecule has 2 N–H and O–H groups in total. The number of thioether (sulfide) groups is 1. The van der Waals surface area contributed by atoms with Gasteiger partial charge < -0.3 is 5.73 Å². The van der Waals surface area contributed by atoms with E-state index < -0.39 is 0 Å². The average molecular weight is 310 g/mol. The minimum Gasteiger partial charge on any atom is -0.398 e. The molecule has 0 amide bonds. The Morgan fingerprint density at radius 1 is 1.30 bits per heavy atom. The van der Waals surface area contributed by atoms with Crippen molar-refractivity contribution in [1.82, 2.24) is 9.78 Å². The first-order valence-electron chi connectivity index (χ1n) is 6.85. The molecule has 3 nitrogen and oxygen atoms in total. The molecule has 0 saturated heterocycles. The smallest absolute Gasteiger partial charge is 0.0727 e. The van der Waals surface area contributed by atoms with E-state index in [0.717, 1.165) is 34.9 Å². The summed E-state index contributed by atoms with van der Waals surface area (Å²) >= 11 is 7.59. The SMILES string of the molecule is CCC(CC)n1ccc(CSc2ccc(Cl)cc2N)n1. The number of nitrogen functional groups attached to an aromatic ring is 1. The van der Waals surface area contributed by atoms with Gasteiger partial charge in [0.15, 0.2) is 0 Å². The minimum absolute atomic E-state index is 0.495. The third kappa shape index (κ3) is 3.70. The van der Waals surface area contributed by atoms with Gasteiger partial charge in [-0.05, 0) is 37.1 Å². The number of halogens is 1. The lowest BCUT2D eigenvalue weighted by atomic mass is 10.2. The van der Waals surface area contributed by atoms with E-state index in [4.69, 9.17) is 17.3 Å². The van der Waals surface area contributed by atoms with Crippen LogP contribution in [0.3, 0.4) is 0 Å². The Kier molecular flexibility index (Phi) is 5.38. The van der Waals surface area contributed by atoms with Gasteiger partial charge in [-0.25, -0.2) is 0 Å². The van der Waals surface area contributed by atoms with Gasteiger partial charge in [0.1, 0.15) is 0 Å². The predicted molar refractivity (Wildman–Crippen MR) is 87.3 cm³/mol. The van der Waals surface area contributed by atoms with Crippen LogP contribution in [0, 0.1) is 0 Å². The molecule has 0 bridgehead atoms. The molecule has 1 heterocycles. The second kappa shape index (κ2) is 7.04. The number of benzene rings is 1. The number of rotatable bonds is 6. The lowest BCUT2D eigenvalue weighted by molar-refractivity contribution is 0.426. The van der Waals surface area contributed by atoms with Crippen LogP contribution >= 0.6 is 23.4 Å². The van der Waals surface area contributed by atoms with Crippen molar-refractivity contribution in [2.45, 2.75) is 43.4 Å². The Bertz CT molecular complexity index is 564. The molecule has 0 radical (unpaired) electrons. The first-order valence-corrected chi connectivity index (χ1v) is 8.22. The third-order valence-electron chi connectivity index (χ3n) is 3.33. The van der Waals surface area contributed by atoms with E-state index in [1.54, 1.807) is 17.8 Å². The van der Waals surface area contributed by atoms with Crippen molar-refractivity contribution in [2.75, 3.05) is 5.73 Å². The van der Waals surface area contributed by atoms with E-state index in [1.807, 2.05) is 12.1 Å². The lowest BCUT2D eigenvalue weighted by Crippen LogP contribution is -2.07. The van der Waals surface area contributed by atoms with Crippen LogP contribution in [0.2, 0.25) is 5.02 Å². The van der Waals surface area contributed by atoms with E-state index in [-0.39, 0.29) is 0 Å². The Balaban J connectivity index is 2.00. The number of hydrogen-bond donors (Lipinski definition) is 1. The van der Waals surface area contributed by atoms with Gasteiger partial charge in [0.25, 0.3) is 0 Å². The van der Waals surface area contributed by atoms with E-state index in [1.165, 1.54) is 0 Å². The Morgan fingerprint density at radius 3 is 2.70 bits per heavy atom. The Morgan fingerprint density at radius 2 is 2.05 bits per heavy atom. The number of anilines is 1. The molecule has 108 valence electrons. The van der Waals surface area contributed by atoms with Crippen LogP contribution in [0.4, 0.5) is 5.69 Å². The van der Waals surface area contributed by atoms with Gasteiger partial charge in [-0.2, -0.15) is 5.10 Å². The van der Waals surface area contributed by atoms with Crippen molar-refractivity contribution in [3.63, 3.8) is 0 Å². The molecular formula is C15H20ClN3S. The van der Waals surface area contributed by atoms with E-state index >= 15 is 0 Å². The zero-order valence-corrected chi connectivity index (χ0v) is 13.4. The van der Waals surface area contributed by atoms with Crippen molar-refractivity contribution >= 4 is 29.1 Å². The summed E-state index contributed by atoms with van der Waals surface area (Å²) in [6.45, 7) is 4.39. The second-order valence-electron chi connectivity index (χ2n) is 4.73. The molecule has 0 aliphatic heterocycles. The molecule has 2 aromatic rings. The van der Waals surface area contributed by atoms with Crippen LogP contribution in [0.15, 0.2) is 35.4 Å². The number of nitrogens with zero attached hydrogens (tertiary/aromatic N) is 2. The fraction of sp³-hybridized carbons (Fsp3) is 0.400.